The fourth-order valence-corrected chi connectivity index (χ4v) is 5.76. The molecule has 0 amide bonds. The Morgan fingerprint density at radius 1 is 1.17 bits per heavy atom. The first-order valence-electron chi connectivity index (χ1n) is 13.3. The van der Waals surface area contributed by atoms with Gasteiger partial charge in [-0.1, -0.05) is 0 Å². The van der Waals surface area contributed by atoms with Gasteiger partial charge in [0.25, 0.3) is 0 Å². The number of fused-ring (bicyclic) bond motifs is 4. The minimum atomic E-state index is -1.46. The third kappa shape index (κ3) is 4.46. The van der Waals surface area contributed by atoms with Crippen LogP contribution in [0.4, 0.5) is 20.2 Å². The molecule has 2 aliphatic rings. The number of pyridine rings is 3. The fraction of sp³-hybridized carbons (Fsp3) is 0.310. The number of nitrogens with zero attached hydrogens (tertiary/aromatic N) is 4. The van der Waals surface area contributed by atoms with Gasteiger partial charge in [-0.2, -0.15) is 0 Å². The van der Waals surface area contributed by atoms with E-state index in [4.69, 9.17) is 4.74 Å². The molecule has 1 aliphatic heterocycles. The van der Waals surface area contributed by atoms with E-state index in [1.807, 2.05) is 4.90 Å². The summed E-state index contributed by atoms with van der Waals surface area (Å²) >= 11 is 0. The van der Waals surface area contributed by atoms with Crippen molar-refractivity contribution in [3.05, 3.63) is 69.4 Å². The number of hydrogen-bond donors (Lipinski definition) is 4. The maximum absolute atomic E-state index is 15.5. The van der Waals surface area contributed by atoms with Crippen molar-refractivity contribution in [3.8, 4) is 22.3 Å². The Hall–Kier alpha value is -4.46. The molecule has 1 fully saturated rings. The van der Waals surface area contributed by atoms with Crippen LogP contribution >= 0.6 is 0 Å². The molecule has 0 radical (unpaired) electrons. The molecule has 0 bridgehead atoms. The molecule has 4 N–H and O–H groups in total. The number of rotatable bonds is 7. The van der Waals surface area contributed by atoms with E-state index >= 15 is 4.39 Å². The molecule has 3 aromatic heterocycles. The van der Waals surface area contributed by atoms with E-state index < -0.39 is 41.3 Å². The van der Waals surface area contributed by atoms with Gasteiger partial charge in [-0.3, -0.25) is 9.78 Å². The minimum Gasteiger partial charge on any atom is -0.477 e. The molecule has 6 rings (SSSR count). The smallest absolute Gasteiger partial charge is 0.341 e. The maximum atomic E-state index is 15.5. The van der Waals surface area contributed by atoms with Gasteiger partial charge < -0.3 is 34.8 Å². The number of halogens is 2. The molecule has 4 heterocycles. The van der Waals surface area contributed by atoms with Crippen LogP contribution in [0.1, 0.15) is 21.6 Å². The summed E-state index contributed by atoms with van der Waals surface area (Å²) in [5.41, 5.74) is 2.46. The van der Waals surface area contributed by atoms with Crippen molar-refractivity contribution in [2.45, 2.75) is 19.1 Å². The quantitative estimate of drug-likeness (QED) is 0.226. The normalized spacial score (nSPS) is 15.0. The molecule has 218 valence electrons. The van der Waals surface area contributed by atoms with Crippen LogP contribution in [0.5, 0.6) is 0 Å². The molecular weight excluding hydrogens is 552 g/mol. The lowest BCUT2D eigenvalue weighted by molar-refractivity contribution is 0.0691. The number of aliphatic hydroxyl groups excluding tert-OH is 2. The van der Waals surface area contributed by atoms with Gasteiger partial charge in [-0.05, 0) is 11.6 Å². The van der Waals surface area contributed by atoms with Gasteiger partial charge in [-0.15, -0.1) is 0 Å². The average molecular weight is 580 g/mol. The Kier molecular flexibility index (Phi) is 7.09. The molecule has 42 heavy (non-hydrogen) atoms. The monoisotopic (exact) mass is 579 g/mol. The average Bonchev–Trinajstić information content (AvgIpc) is 3.40. The molecule has 11 nitrogen and oxygen atoms in total. The van der Waals surface area contributed by atoms with Gasteiger partial charge in [0.15, 0.2) is 11.6 Å². The van der Waals surface area contributed by atoms with E-state index in [9.17, 15) is 29.3 Å². The van der Waals surface area contributed by atoms with Crippen molar-refractivity contribution in [2.75, 3.05) is 50.2 Å². The molecule has 1 atom stereocenters. The van der Waals surface area contributed by atoms with Crippen LogP contribution < -0.4 is 15.6 Å². The van der Waals surface area contributed by atoms with Crippen LogP contribution in [0.15, 0.2) is 35.5 Å². The number of aromatic carboxylic acids is 1. The van der Waals surface area contributed by atoms with Crippen LogP contribution in [-0.4, -0.2) is 81.9 Å². The lowest BCUT2D eigenvalue weighted by Gasteiger charge is -2.32. The molecule has 1 saturated heterocycles. The summed E-state index contributed by atoms with van der Waals surface area (Å²) in [7, 11) is 1.64. The molecule has 0 spiro atoms. The summed E-state index contributed by atoms with van der Waals surface area (Å²) in [6, 6.07) is 2.62. The Labute approximate surface area is 237 Å². The predicted octanol–water partition coefficient (Wildman–Crippen LogP) is 2.24. The molecule has 0 saturated carbocycles. The summed E-state index contributed by atoms with van der Waals surface area (Å²) in [4.78, 5) is 36.2. The first kappa shape index (κ1) is 27.7. The van der Waals surface area contributed by atoms with Gasteiger partial charge in [-0.25, -0.2) is 18.6 Å². The molecule has 13 heteroatoms. The third-order valence-electron chi connectivity index (χ3n) is 7.72. The second kappa shape index (κ2) is 10.7. The second-order valence-electron chi connectivity index (χ2n) is 10.2. The van der Waals surface area contributed by atoms with Gasteiger partial charge in [0.05, 0.1) is 49.2 Å². The molecule has 1 aromatic carbocycles. The van der Waals surface area contributed by atoms with Gasteiger partial charge >= 0.3 is 5.97 Å². The van der Waals surface area contributed by atoms with Crippen molar-refractivity contribution in [1.29, 1.82) is 0 Å². The van der Waals surface area contributed by atoms with Crippen LogP contribution in [0.3, 0.4) is 0 Å². The Bertz CT molecular complexity index is 1800. The fourth-order valence-electron chi connectivity index (χ4n) is 5.76. The lowest BCUT2D eigenvalue weighted by Crippen LogP contribution is -2.37. The van der Waals surface area contributed by atoms with Crippen LogP contribution in [0, 0.1) is 11.6 Å². The summed E-state index contributed by atoms with van der Waals surface area (Å²) < 4.78 is 37.2. The van der Waals surface area contributed by atoms with E-state index in [2.05, 4.69) is 15.3 Å². The van der Waals surface area contributed by atoms with Gasteiger partial charge in [0, 0.05) is 79.2 Å². The summed E-state index contributed by atoms with van der Waals surface area (Å²) in [6.45, 7) is 0.967. The van der Waals surface area contributed by atoms with Crippen molar-refractivity contribution >= 4 is 28.4 Å². The highest BCUT2D eigenvalue weighted by Crippen LogP contribution is 2.50. The van der Waals surface area contributed by atoms with Gasteiger partial charge in [0.1, 0.15) is 11.2 Å². The predicted molar refractivity (Wildman–Crippen MR) is 150 cm³/mol. The van der Waals surface area contributed by atoms with Crippen LogP contribution in [-0.2, 0) is 17.7 Å². The van der Waals surface area contributed by atoms with Crippen molar-refractivity contribution in [3.63, 3.8) is 0 Å². The number of aromatic nitrogens is 3. The molecule has 1 unspecified atom stereocenters. The lowest BCUT2D eigenvalue weighted by atomic mass is 9.96. The number of nitrogens with one attached hydrogen (secondary N) is 1. The van der Waals surface area contributed by atoms with Gasteiger partial charge in [0.2, 0.25) is 5.43 Å². The van der Waals surface area contributed by atoms with Crippen molar-refractivity contribution in [2.24, 2.45) is 0 Å². The second-order valence-corrected chi connectivity index (χ2v) is 10.2. The van der Waals surface area contributed by atoms with E-state index in [1.165, 1.54) is 16.8 Å². The highest BCUT2D eigenvalue weighted by Gasteiger charge is 2.34. The van der Waals surface area contributed by atoms with E-state index in [0.717, 1.165) is 12.3 Å². The highest BCUT2D eigenvalue weighted by atomic mass is 19.2. The third-order valence-corrected chi connectivity index (χ3v) is 7.72. The molecule has 4 aromatic rings. The van der Waals surface area contributed by atoms with Crippen LogP contribution in [0.25, 0.3) is 33.3 Å². The maximum Gasteiger partial charge on any atom is 0.341 e. The topological polar surface area (TPSA) is 150 Å². The highest BCUT2D eigenvalue weighted by molar-refractivity contribution is 5.98. The number of carboxylic acid groups (broad SMARTS) is 1. The Morgan fingerprint density at radius 3 is 2.62 bits per heavy atom. The SMILES string of the molecule is CNc1cc(F)c(F)c2c1Cc1ncc(-c3cnc4c(c3)c(=O)c(C(=O)O)cn4CC(O)CO)c(N3CCOCC3)c1-2. The van der Waals surface area contributed by atoms with E-state index in [1.54, 1.807) is 13.2 Å². The largest absolute Gasteiger partial charge is 0.477 e. The molecular formula is C29H27F2N5O6. The van der Waals surface area contributed by atoms with E-state index in [0.29, 0.717) is 65.6 Å². The number of hydrogen-bond acceptors (Lipinski definition) is 9. The Balaban J connectivity index is 1.62. The number of anilines is 2. The number of aliphatic hydroxyl groups is 2. The Morgan fingerprint density at radius 2 is 1.93 bits per heavy atom. The summed E-state index contributed by atoms with van der Waals surface area (Å²) in [6.07, 6.45) is 3.23. The zero-order valence-electron chi connectivity index (χ0n) is 22.5. The number of benzene rings is 1. The zero-order valence-corrected chi connectivity index (χ0v) is 22.5. The summed E-state index contributed by atoms with van der Waals surface area (Å²) in [5.74, 6) is -3.44. The minimum absolute atomic E-state index is 0.0268. The molecule has 1 aliphatic carbocycles. The van der Waals surface area contributed by atoms with Crippen LogP contribution in [0.2, 0.25) is 0 Å². The summed E-state index contributed by atoms with van der Waals surface area (Å²) in [5, 5.41) is 32.0. The number of ether oxygens (including phenoxy) is 1. The van der Waals surface area contributed by atoms with Crippen molar-refractivity contribution < 1.29 is 33.6 Å². The standard InChI is InChI=1S/C29H27F2N5O6/c1-32-21-8-20(30)25(31)23-16(21)7-22-24(23)26(35-2-4-42-5-3-35)18(10-33-22)14-6-17-27(39)19(29(40)41)12-36(11-15(38)13-37)28(17)34-9-14/h6,8-10,12,15,32,37-38H,2-5,7,11,13H2,1H3,(H,40,41). The number of morpholine rings is 1. The first-order chi connectivity index (χ1) is 20.2. The van der Waals surface area contributed by atoms with E-state index in [-0.39, 0.29) is 29.6 Å². The first-order valence-corrected chi connectivity index (χ1v) is 13.3. The van der Waals surface area contributed by atoms with Crippen molar-refractivity contribution in [1.82, 2.24) is 14.5 Å². The zero-order chi connectivity index (χ0) is 29.7. The number of carboxylic acids is 1. The number of carbonyl (C=O) groups is 1.